The molecule has 0 radical (unpaired) electrons. The minimum absolute atomic E-state index is 0.196. The molecule has 2 N–H and O–H groups in total. The van der Waals surface area contributed by atoms with Crippen molar-refractivity contribution in [3.63, 3.8) is 0 Å². The molecule has 0 aliphatic rings. The van der Waals surface area contributed by atoms with Gasteiger partial charge in [0.1, 0.15) is 0 Å². The van der Waals surface area contributed by atoms with E-state index in [-0.39, 0.29) is 6.04 Å². The lowest BCUT2D eigenvalue weighted by atomic mass is 10.0. The molecule has 1 atom stereocenters. The fourth-order valence-electron chi connectivity index (χ4n) is 2.26. The summed E-state index contributed by atoms with van der Waals surface area (Å²) >= 11 is 8.19. The third-order valence-corrected chi connectivity index (χ3v) is 5.20. The van der Waals surface area contributed by atoms with Crippen LogP contribution in [0.2, 0.25) is 5.02 Å². The highest BCUT2D eigenvalue weighted by molar-refractivity contribution is 7.98. The van der Waals surface area contributed by atoms with Crippen LogP contribution in [0.3, 0.4) is 0 Å². The molecule has 1 unspecified atom stereocenters. The molecule has 2 aromatic rings. The monoisotopic (exact) mass is 319 g/mol. The predicted molar refractivity (Wildman–Crippen MR) is 94.2 cm³/mol. The highest BCUT2D eigenvalue weighted by Crippen LogP contribution is 2.33. The first kappa shape index (κ1) is 16.4. The maximum atomic E-state index is 6.39. The number of thioether (sulfide) groups is 1. The standard InChI is InChI=1S/C18H22ClNS/c1-3-16(20)11-15-8-5-9-17(19)18(15)21-12-14-7-4-6-13(2)10-14/h4-10,16H,3,11-12,20H2,1-2H3. The molecule has 21 heavy (non-hydrogen) atoms. The molecular weight excluding hydrogens is 298 g/mol. The summed E-state index contributed by atoms with van der Waals surface area (Å²) in [4.78, 5) is 1.17. The summed E-state index contributed by atoms with van der Waals surface area (Å²) in [5.74, 6) is 0.930. The molecule has 0 saturated carbocycles. The first-order chi connectivity index (χ1) is 10.1. The highest BCUT2D eigenvalue weighted by atomic mass is 35.5. The van der Waals surface area contributed by atoms with E-state index in [4.69, 9.17) is 17.3 Å². The Hall–Kier alpha value is -0.960. The summed E-state index contributed by atoms with van der Waals surface area (Å²) in [5.41, 5.74) is 9.97. The second-order valence-electron chi connectivity index (χ2n) is 5.38. The van der Waals surface area contributed by atoms with Gasteiger partial charge in [0.25, 0.3) is 0 Å². The predicted octanol–water partition coefficient (Wildman–Crippen LogP) is 5.22. The largest absolute Gasteiger partial charge is 0.327 e. The molecule has 0 saturated heterocycles. The number of aryl methyl sites for hydroxylation is 1. The second kappa shape index (κ2) is 7.88. The van der Waals surface area contributed by atoms with Gasteiger partial charge in [-0.15, -0.1) is 11.8 Å². The number of nitrogens with two attached hydrogens (primary N) is 1. The average Bonchev–Trinajstić information content (AvgIpc) is 2.46. The van der Waals surface area contributed by atoms with E-state index in [0.29, 0.717) is 0 Å². The van der Waals surface area contributed by atoms with Crippen molar-refractivity contribution in [2.45, 2.75) is 43.4 Å². The molecule has 0 spiro atoms. The maximum Gasteiger partial charge on any atom is 0.0544 e. The fourth-order valence-corrected chi connectivity index (χ4v) is 3.65. The van der Waals surface area contributed by atoms with Crippen molar-refractivity contribution in [1.29, 1.82) is 0 Å². The first-order valence-electron chi connectivity index (χ1n) is 7.31. The van der Waals surface area contributed by atoms with E-state index < -0.39 is 0 Å². The summed E-state index contributed by atoms with van der Waals surface area (Å²) in [7, 11) is 0. The van der Waals surface area contributed by atoms with Crippen molar-refractivity contribution in [3.8, 4) is 0 Å². The average molecular weight is 320 g/mol. The number of hydrogen-bond acceptors (Lipinski definition) is 2. The lowest BCUT2D eigenvalue weighted by Gasteiger charge is -2.14. The van der Waals surface area contributed by atoms with Crippen molar-refractivity contribution in [3.05, 3.63) is 64.2 Å². The Balaban J connectivity index is 2.15. The van der Waals surface area contributed by atoms with Gasteiger partial charge in [-0.25, -0.2) is 0 Å². The third kappa shape index (κ3) is 4.77. The van der Waals surface area contributed by atoms with Gasteiger partial charge in [-0.2, -0.15) is 0 Å². The van der Waals surface area contributed by atoms with Gasteiger partial charge in [0.05, 0.1) is 5.02 Å². The second-order valence-corrected chi connectivity index (χ2v) is 6.77. The van der Waals surface area contributed by atoms with Crippen molar-refractivity contribution in [1.82, 2.24) is 0 Å². The zero-order valence-electron chi connectivity index (χ0n) is 12.6. The van der Waals surface area contributed by atoms with Crippen LogP contribution in [-0.4, -0.2) is 6.04 Å². The van der Waals surface area contributed by atoms with Crippen LogP contribution in [0.1, 0.15) is 30.0 Å². The summed E-state index contributed by atoms with van der Waals surface area (Å²) in [6.45, 7) is 4.24. The van der Waals surface area contributed by atoms with Gasteiger partial charge in [0.15, 0.2) is 0 Å². The van der Waals surface area contributed by atoms with Crippen molar-refractivity contribution >= 4 is 23.4 Å². The van der Waals surface area contributed by atoms with Crippen LogP contribution < -0.4 is 5.73 Å². The lowest BCUT2D eigenvalue weighted by Crippen LogP contribution is -2.21. The Kier molecular flexibility index (Phi) is 6.16. The van der Waals surface area contributed by atoms with Crippen LogP contribution >= 0.6 is 23.4 Å². The topological polar surface area (TPSA) is 26.0 Å². The molecule has 2 rings (SSSR count). The lowest BCUT2D eigenvalue weighted by molar-refractivity contribution is 0.641. The number of hydrogen-bond donors (Lipinski definition) is 1. The molecule has 0 aromatic heterocycles. The molecule has 0 fully saturated rings. The Morgan fingerprint density at radius 1 is 1.19 bits per heavy atom. The van der Waals surface area contributed by atoms with Crippen molar-refractivity contribution in [2.75, 3.05) is 0 Å². The van der Waals surface area contributed by atoms with E-state index >= 15 is 0 Å². The number of rotatable bonds is 6. The van der Waals surface area contributed by atoms with E-state index in [1.165, 1.54) is 21.6 Å². The zero-order valence-corrected chi connectivity index (χ0v) is 14.2. The van der Waals surface area contributed by atoms with Crippen LogP contribution in [0.15, 0.2) is 47.4 Å². The fraction of sp³-hybridized carbons (Fsp3) is 0.333. The van der Waals surface area contributed by atoms with Crippen LogP contribution in [0.4, 0.5) is 0 Å². The molecule has 1 nitrogen and oxygen atoms in total. The molecule has 0 aliphatic heterocycles. The van der Waals surface area contributed by atoms with Crippen LogP contribution in [0.5, 0.6) is 0 Å². The SMILES string of the molecule is CCC(N)Cc1cccc(Cl)c1SCc1cccc(C)c1. The Bertz CT molecular complexity index is 598. The zero-order chi connectivity index (χ0) is 15.2. The summed E-state index contributed by atoms with van der Waals surface area (Å²) in [5, 5.41) is 0.827. The maximum absolute atomic E-state index is 6.39. The quantitative estimate of drug-likeness (QED) is 0.739. The summed E-state index contributed by atoms with van der Waals surface area (Å²) in [6, 6.07) is 14.9. The Morgan fingerprint density at radius 3 is 2.67 bits per heavy atom. The van der Waals surface area contributed by atoms with Gasteiger partial charge in [-0.3, -0.25) is 0 Å². The smallest absolute Gasteiger partial charge is 0.0544 e. The molecular formula is C18H22ClNS. The van der Waals surface area contributed by atoms with Gasteiger partial charge in [0, 0.05) is 16.7 Å². The molecule has 0 bridgehead atoms. The van der Waals surface area contributed by atoms with Gasteiger partial charge >= 0.3 is 0 Å². The van der Waals surface area contributed by atoms with Gasteiger partial charge < -0.3 is 5.73 Å². The van der Waals surface area contributed by atoms with Gasteiger partial charge in [0.2, 0.25) is 0 Å². The van der Waals surface area contributed by atoms with Gasteiger partial charge in [-0.1, -0.05) is 60.5 Å². The number of halogens is 1. The first-order valence-corrected chi connectivity index (χ1v) is 8.67. The van der Waals surface area contributed by atoms with Gasteiger partial charge in [-0.05, 0) is 37.0 Å². The minimum Gasteiger partial charge on any atom is -0.327 e. The molecule has 0 heterocycles. The highest BCUT2D eigenvalue weighted by Gasteiger charge is 2.11. The third-order valence-electron chi connectivity index (χ3n) is 3.52. The number of benzene rings is 2. The van der Waals surface area contributed by atoms with Crippen LogP contribution in [-0.2, 0) is 12.2 Å². The van der Waals surface area contributed by atoms with E-state index in [0.717, 1.165) is 23.6 Å². The molecule has 0 aliphatic carbocycles. The minimum atomic E-state index is 0.196. The summed E-state index contributed by atoms with van der Waals surface area (Å²) < 4.78 is 0. The van der Waals surface area contributed by atoms with E-state index in [9.17, 15) is 0 Å². The van der Waals surface area contributed by atoms with Crippen molar-refractivity contribution in [2.24, 2.45) is 5.73 Å². The molecule has 0 amide bonds. The van der Waals surface area contributed by atoms with E-state index in [2.05, 4.69) is 44.2 Å². The summed E-state index contributed by atoms with van der Waals surface area (Å²) in [6.07, 6.45) is 1.86. The van der Waals surface area contributed by atoms with E-state index in [1.54, 1.807) is 11.8 Å². The van der Waals surface area contributed by atoms with Crippen LogP contribution in [0.25, 0.3) is 0 Å². The molecule has 112 valence electrons. The van der Waals surface area contributed by atoms with Crippen molar-refractivity contribution < 1.29 is 0 Å². The molecule has 3 heteroatoms. The Morgan fingerprint density at radius 2 is 1.95 bits per heavy atom. The Labute approximate surface area is 136 Å². The van der Waals surface area contributed by atoms with Crippen LogP contribution in [0, 0.1) is 6.92 Å². The van der Waals surface area contributed by atoms with E-state index in [1.807, 2.05) is 12.1 Å². The normalized spacial score (nSPS) is 12.4. The molecule has 2 aromatic carbocycles.